The normalized spacial score (nSPS) is 17.5. The van der Waals surface area contributed by atoms with Gasteiger partial charge in [-0.25, -0.2) is 8.78 Å². The van der Waals surface area contributed by atoms with Crippen LogP contribution in [-0.2, 0) is 0 Å². The minimum atomic E-state index is -0.852. The van der Waals surface area contributed by atoms with Crippen LogP contribution in [0.2, 0.25) is 0 Å². The first-order valence-corrected chi connectivity index (χ1v) is 9.11. The Morgan fingerprint density at radius 1 is 1.27 bits per heavy atom. The zero-order valence-electron chi connectivity index (χ0n) is 13.7. The summed E-state index contributed by atoms with van der Waals surface area (Å²) in [6.45, 7) is 0.875. The van der Waals surface area contributed by atoms with E-state index in [0.29, 0.717) is 24.9 Å². The van der Waals surface area contributed by atoms with Crippen molar-refractivity contribution in [1.82, 2.24) is 15.1 Å². The Labute approximate surface area is 152 Å². The quantitative estimate of drug-likeness (QED) is 0.692. The number of thiophene rings is 1. The number of amides is 1. The van der Waals surface area contributed by atoms with E-state index in [1.165, 1.54) is 17.4 Å². The molecule has 0 aliphatic carbocycles. The minimum absolute atomic E-state index is 0.0996. The molecule has 1 aliphatic heterocycles. The number of hydrogen-bond donors (Lipinski definition) is 0. The molecule has 0 unspecified atom stereocenters. The fourth-order valence-electron chi connectivity index (χ4n) is 3.10. The molecular formula is C18H15F2N3O2S. The highest BCUT2D eigenvalue weighted by atomic mass is 32.1. The van der Waals surface area contributed by atoms with Crippen LogP contribution in [0.5, 0.6) is 0 Å². The van der Waals surface area contributed by atoms with Gasteiger partial charge in [0.05, 0.1) is 16.4 Å². The van der Waals surface area contributed by atoms with E-state index < -0.39 is 17.5 Å². The van der Waals surface area contributed by atoms with Crippen molar-refractivity contribution in [1.29, 1.82) is 0 Å². The Morgan fingerprint density at radius 2 is 2.15 bits per heavy atom. The Hall–Kier alpha value is -2.61. The van der Waals surface area contributed by atoms with Crippen molar-refractivity contribution >= 4 is 17.2 Å². The molecule has 1 atom stereocenters. The standard InChI is InChI=1S/C18H15F2N3O2S/c19-12-5-6-13(14(20)9-12)18(24)23-7-1-3-11(10-23)16-21-22-17(25-16)15-4-2-8-26-15/h2,4-6,8-9,11H,1,3,7,10H2/t11-/m1/s1. The number of rotatable bonds is 3. The van der Waals surface area contributed by atoms with Crippen molar-refractivity contribution in [2.45, 2.75) is 18.8 Å². The number of piperidine rings is 1. The molecular weight excluding hydrogens is 360 g/mol. The topological polar surface area (TPSA) is 59.2 Å². The lowest BCUT2D eigenvalue weighted by atomic mass is 9.97. The summed E-state index contributed by atoms with van der Waals surface area (Å²) in [5.41, 5.74) is -0.128. The third kappa shape index (κ3) is 3.24. The van der Waals surface area contributed by atoms with Crippen molar-refractivity contribution in [3.05, 3.63) is 58.8 Å². The molecule has 0 radical (unpaired) electrons. The van der Waals surface area contributed by atoms with Gasteiger partial charge in [0.25, 0.3) is 11.8 Å². The molecule has 0 bridgehead atoms. The highest BCUT2D eigenvalue weighted by molar-refractivity contribution is 7.13. The number of carbonyl (C=O) groups excluding carboxylic acids is 1. The molecule has 134 valence electrons. The van der Waals surface area contributed by atoms with Crippen LogP contribution in [0.15, 0.2) is 40.1 Å². The smallest absolute Gasteiger partial charge is 0.257 e. The van der Waals surface area contributed by atoms with Crippen LogP contribution in [-0.4, -0.2) is 34.1 Å². The molecule has 4 rings (SSSR count). The first-order chi connectivity index (χ1) is 12.6. The number of aromatic nitrogens is 2. The van der Waals surface area contributed by atoms with Crippen molar-refractivity contribution in [2.75, 3.05) is 13.1 Å². The summed E-state index contributed by atoms with van der Waals surface area (Å²) < 4.78 is 32.7. The number of benzene rings is 1. The lowest BCUT2D eigenvalue weighted by Gasteiger charge is -2.31. The fraction of sp³-hybridized carbons (Fsp3) is 0.278. The molecule has 8 heteroatoms. The van der Waals surface area contributed by atoms with Crippen molar-refractivity contribution < 1.29 is 18.0 Å². The van der Waals surface area contributed by atoms with Crippen LogP contribution in [0, 0.1) is 11.6 Å². The third-order valence-corrected chi connectivity index (χ3v) is 5.25. The van der Waals surface area contributed by atoms with E-state index in [2.05, 4.69) is 10.2 Å². The number of likely N-dealkylation sites (tertiary alicyclic amines) is 1. The monoisotopic (exact) mass is 375 g/mol. The summed E-state index contributed by atoms with van der Waals surface area (Å²) in [6.07, 6.45) is 1.55. The van der Waals surface area contributed by atoms with Crippen molar-refractivity contribution in [2.24, 2.45) is 0 Å². The summed E-state index contributed by atoms with van der Waals surface area (Å²) in [5, 5.41) is 10.1. The zero-order chi connectivity index (χ0) is 18.1. The first kappa shape index (κ1) is 16.8. The summed E-state index contributed by atoms with van der Waals surface area (Å²) in [4.78, 5) is 15.0. The van der Waals surface area contributed by atoms with Crippen LogP contribution in [0.4, 0.5) is 8.78 Å². The molecule has 3 heterocycles. The van der Waals surface area contributed by atoms with Gasteiger partial charge in [0.2, 0.25) is 5.89 Å². The van der Waals surface area contributed by atoms with E-state index in [4.69, 9.17) is 4.42 Å². The Morgan fingerprint density at radius 3 is 2.92 bits per heavy atom. The highest BCUT2D eigenvalue weighted by Crippen LogP contribution is 2.30. The Kier molecular flexibility index (Phi) is 4.50. The Balaban J connectivity index is 1.51. The van der Waals surface area contributed by atoms with Gasteiger partial charge in [-0.1, -0.05) is 6.07 Å². The molecule has 1 saturated heterocycles. The van der Waals surface area contributed by atoms with Gasteiger partial charge in [0.15, 0.2) is 0 Å². The molecule has 5 nitrogen and oxygen atoms in total. The first-order valence-electron chi connectivity index (χ1n) is 8.23. The van der Waals surface area contributed by atoms with Crippen molar-refractivity contribution in [3.63, 3.8) is 0 Å². The lowest BCUT2D eigenvalue weighted by Crippen LogP contribution is -2.39. The number of nitrogens with zero attached hydrogens (tertiary/aromatic N) is 3. The Bertz CT molecular complexity index is 926. The summed E-state index contributed by atoms with van der Waals surface area (Å²) >= 11 is 1.51. The van der Waals surface area contributed by atoms with E-state index in [0.717, 1.165) is 29.9 Å². The predicted octanol–water partition coefficient (Wildman–Crippen LogP) is 4.10. The minimum Gasteiger partial charge on any atom is -0.420 e. The SMILES string of the molecule is O=C(c1ccc(F)cc1F)N1CCC[C@@H](c2nnc(-c3cccs3)o2)C1. The molecule has 1 aliphatic rings. The maximum atomic E-state index is 13.9. The molecule has 3 aromatic rings. The number of hydrogen-bond acceptors (Lipinski definition) is 5. The van der Waals surface area contributed by atoms with Gasteiger partial charge in [0.1, 0.15) is 11.6 Å². The van der Waals surface area contributed by atoms with Crippen LogP contribution in [0.25, 0.3) is 10.8 Å². The van der Waals surface area contributed by atoms with Crippen LogP contribution in [0.3, 0.4) is 0 Å². The fourth-order valence-corrected chi connectivity index (χ4v) is 3.74. The average molecular weight is 375 g/mol. The van der Waals surface area contributed by atoms with Crippen LogP contribution in [0.1, 0.15) is 35.0 Å². The molecule has 1 aromatic carbocycles. The van der Waals surface area contributed by atoms with E-state index in [-0.39, 0.29) is 11.5 Å². The summed E-state index contributed by atoms with van der Waals surface area (Å²) in [7, 11) is 0. The van der Waals surface area contributed by atoms with Gasteiger partial charge in [0, 0.05) is 19.2 Å². The van der Waals surface area contributed by atoms with Gasteiger partial charge < -0.3 is 9.32 Å². The van der Waals surface area contributed by atoms with Gasteiger partial charge in [-0.3, -0.25) is 4.79 Å². The second-order valence-corrected chi connectivity index (χ2v) is 7.08. The lowest BCUT2D eigenvalue weighted by molar-refractivity contribution is 0.0693. The molecule has 2 aromatic heterocycles. The third-order valence-electron chi connectivity index (χ3n) is 4.39. The van der Waals surface area contributed by atoms with Gasteiger partial charge in [-0.2, -0.15) is 0 Å². The summed E-state index contributed by atoms with van der Waals surface area (Å²) in [5.74, 6) is -1.17. The molecule has 0 spiro atoms. The maximum Gasteiger partial charge on any atom is 0.257 e. The van der Waals surface area contributed by atoms with Crippen molar-refractivity contribution in [3.8, 4) is 10.8 Å². The number of carbonyl (C=O) groups is 1. The molecule has 1 amide bonds. The van der Waals surface area contributed by atoms with Gasteiger partial charge in [-0.05, 0) is 36.4 Å². The van der Waals surface area contributed by atoms with Gasteiger partial charge >= 0.3 is 0 Å². The van der Waals surface area contributed by atoms with E-state index in [9.17, 15) is 13.6 Å². The van der Waals surface area contributed by atoms with E-state index >= 15 is 0 Å². The van der Waals surface area contributed by atoms with Crippen LogP contribution < -0.4 is 0 Å². The molecule has 26 heavy (non-hydrogen) atoms. The molecule has 0 saturated carbocycles. The largest absolute Gasteiger partial charge is 0.420 e. The number of halogens is 2. The van der Waals surface area contributed by atoms with E-state index in [1.54, 1.807) is 4.90 Å². The second-order valence-electron chi connectivity index (χ2n) is 6.14. The predicted molar refractivity (Wildman–Crippen MR) is 91.8 cm³/mol. The summed E-state index contributed by atoms with van der Waals surface area (Å²) in [6, 6.07) is 6.79. The zero-order valence-corrected chi connectivity index (χ0v) is 14.5. The highest BCUT2D eigenvalue weighted by Gasteiger charge is 2.30. The van der Waals surface area contributed by atoms with Crippen LogP contribution >= 0.6 is 11.3 Å². The molecule has 1 fully saturated rings. The average Bonchev–Trinajstić information content (AvgIpc) is 3.33. The molecule has 0 N–H and O–H groups in total. The maximum absolute atomic E-state index is 13.9. The van der Waals surface area contributed by atoms with E-state index in [1.807, 2.05) is 17.5 Å². The second kappa shape index (κ2) is 6.95. The van der Waals surface area contributed by atoms with Gasteiger partial charge in [-0.15, -0.1) is 21.5 Å².